The summed E-state index contributed by atoms with van der Waals surface area (Å²) in [5.41, 5.74) is 0.738. The Hall–Kier alpha value is -3.75. The lowest BCUT2D eigenvalue weighted by Gasteiger charge is -2.13. The summed E-state index contributed by atoms with van der Waals surface area (Å²) < 4.78 is 25.9. The zero-order valence-corrected chi connectivity index (χ0v) is 17.9. The van der Waals surface area contributed by atoms with Gasteiger partial charge in [0.1, 0.15) is 17.1 Å². The van der Waals surface area contributed by atoms with Crippen molar-refractivity contribution >= 4 is 29.6 Å². The second kappa shape index (κ2) is 11.4. The maximum atomic E-state index is 12.1. The third-order valence-corrected chi connectivity index (χ3v) is 3.90. The van der Waals surface area contributed by atoms with Gasteiger partial charge in [0.15, 0.2) is 18.1 Å². The van der Waals surface area contributed by atoms with Crippen molar-refractivity contribution in [1.82, 2.24) is 0 Å². The van der Waals surface area contributed by atoms with Crippen molar-refractivity contribution in [2.75, 3.05) is 32.2 Å². The number of esters is 2. The minimum Gasteiger partial charge on any atom is -0.490 e. The monoisotopic (exact) mass is 431 g/mol. The molecule has 1 amide bonds. The predicted molar refractivity (Wildman–Crippen MR) is 112 cm³/mol. The molecule has 9 heteroatoms. The maximum absolute atomic E-state index is 12.1. The van der Waals surface area contributed by atoms with Crippen LogP contribution in [0.3, 0.4) is 0 Å². The Kier molecular flexibility index (Phi) is 8.68. The van der Waals surface area contributed by atoms with Crippen molar-refractivity contribution in [3.63, 3.8) is 0 Å². The SMILES string of the molecule is CCOc1ccc(NC(=O)COC(=O)/C=C/c2cc(C(=O)OC)c(C)o2)cc1OCC. The molecule has 2 rings (SSSR count). The number of anilines is 1. The number of benzene rings is 1. The molecular formula is C22H25NO8. The summed E-state index contributed by atoms with van der Waals surface area (Å²) in [5, 5.41) is 2.62. The molecule has 0 unspecified atom stereocenters. The summed E-state index contributed by atoms with van der Waals surface area (Å²) in [6, 6.07) is 6.42. The normalized spacial score (nSPS) is 10.6. The van der Waals surface area contributed by atoms with E-state index in [1.54, 1.807) is 25.1 Å². The molecule has 31 heavy (non-hydrogen) atoms. The van der Waals surface area contributed by atoms with Crippen LogP contribution in [0.15, 0.2) is 34.8 Å². The van der Waals surface area contributed by atoms with E-state index < -0.39 is 24.5 Å². The molecule has 0 aliphatic rings. The number of furan rings is 1. The molecule has 0 saturated heterocycles. The average molecular weight is 431 g/mol. The quantitative estimate of drug-likeness (QED) is 0.450. The fraction of sp³-hybridized carbons (Fsp3) is 0.318. The number of amides is 1. The van der Waals surface area contributed by atoms with E-state index in [4.69, 9.17) is 18.6 Å². The van der Waals surface area contributed by atoms with E-state index in [0.717, 1.165) is 6.08 Å². The van der Waals surface area contributed by atoms with Crippen LogP contribution >= 0.6 is 0 Å². The summed E-state index contributed by atoms with van der Waals surface area (Å²) in [6.45, 7) is 5.75. The Labute approximate surface area is 179 Å². The van der Waals surface area contributed by atoms with Crippen LogP contribution in [-0.4, -0.2) is 44.8 Å². The van der Waals surface area contributed by atoms with Gasteiger partial charge in [-0.2, -0.15) is 0 Å². The molecule has 0 radical (unpaired) electrons. The lowest BCUT2D eigenvalue weighted by Crippen LogP contribution is -2.20. The van der Waals surface area contributed by atoms with Crippen LogP contribution in [0.4, 0.5) is 5.69 Å². The van der Waals surface area contributed by atoms with Gasteiger partial charge in [0.05, 0.1) is 20.3 Å². The lowest BCUT2D eigenvalue weighted by atomic mass is 10.2. The molecule has 0 spiro atoms. The van der Waals surface area contributed by atoms with Crippen molar-refractivity contribution < 1.29 is 37.7 Å². The molecule has 0 aliphatic heterocycles. The summed E-state index contributed by atoms with van der Waals surface area (Å²) in [4.78, 5) is 35.5. The van der Waals surface area contributed by atoms with Gasteiger partial charge < -0.3 is 28.7 Å². The van der Waals surface area contributed by atoms with Gasteiger partial charge in [0.2, 0.25) is 0 Å². The molecule has 0 atom stereocenters. The van der Waals surface area contributed by atoms with Gasteiger partial charge in [0, 0.05) is 17.8 Å². The van der Waals surface area contributed by atoms with E-state index >= 15 is 0 Å². The largest absolute Gasteiger partial charge is 0.490 e. The number of ether oxygens (including phenoxy) is 4. The van der Waals surface area contributed by atoms with E-state index in [9.17, 15) is 14.4 Å². The molecule has 166 valence electrons. The molecule has 1 aromatic carbocycles. The summed E-state index contributed by atoms with van der Waals surface area (Å²) in [5.74, 6) is -0.0922. The van der Waals surface area contributed by atoms with Crippen molar-refractivity contribution in [1.29, 1.82) is 0 Å². The molecule has 2 aromatic rings. The average Bonchev–Trinajstić information content (AvgIpc) is 3.13. The van der Waals surface area contributed by atoms with Crippen LogP contribution in [0.2, 0.25) is 0 Å². The third kappa shape index (κ3) is 6.91. The second-order valence-electron chi connectivity index (χ2n) is 6.13. The first-order valence-electron chi connectivity index (χ1n) is 9.61. The highest BCUT2D eigenvalue weighted by atomic mass is 16.5. The highest BCUT2D eigenvalue weighted by molar-refractivity contribution is 5.95. The number of aryl methyl sites for hydroxylation is 1. The predicted octanol–water partition coefficient (Wildman–Crippen LogP) is 3.37. The standard InChI is InChI=1S/C22H25NO8/c1-5-28-18-9-7-15(11-19(18)29-6-2)23-20(24)13-30-21(25)10-8-16-12-17(14(3)31-16)22(26)27-4/h7-12H,5-6,13H2,1-4H3,(H,23,24)/b10-8+. The third-order valence-electron chi connectivity index (χ3n) is 3.90. The molecule has 9 nitrogen and oxygen atoms in total. The Morgan fingerprint density at radius 1 is 1.06 bits per heavy atom. The van der Waals surface area contributed by atoms with Crippen molar-refractivity contribution in [3.8, 4) is 11.5 Å². The van der Waals surface area contributed by atoms with Gasteiger partial charge >= 0.3 is 11.9 Å². The highest BCUT2D eigenvalue weighted by Crippen LogP contribution is 2.30. The minimum atomic E-state index is -0.745. The van der Waals surface area contributed by atoms with Gasteiger partial charge in [-0.3, -0.25) is 4.79 Å². The number of nitrogens with one attached hydrogen (secondary N) is 1. The zero-order chi connectivity index (χ0) is 22.8. The second-order valence-corrected chi connectivity index (χ2v) is 6.13. The van der Waals surface area contributed by atoms with Crippen molar-refractivity contribution in [2.45, 2.75) is 20.8 Å². The first-order chi connectivity index (χ1) is 14.9. The van der Waals surface area contributed by atoms with Crippen LogP contribution < -0.4 is 14.8 Å². The number of hydrogen-bond donors (Lipinski definition) is 1. The van der Waals surface area contributed by atoms with Crippen LogP contribution in [0.5, 0.6) is 11.5 Å². The van der Waals surface area contributed by atoms with E-state index in [1.807, 2.05) is 13.8 Å². The maximum Gasteiger partial charge on any atom is 0.341 e. The minimum absolute atomic E-state index is 0.261. The molecule has 1 heterocycles. The van der Waals surface area contributed by atoms with Gasteiger partial charge in [-0.05, 0) is 45.0 Å². The molecule has 0 saturated carbocycles. The zero-order valence-electron chi connectivity index (χ0n) is 17.9. The molecule has 1 N–H and O–H groups in total. The lowest BCUT2D eigenvalue weighted by molar-refractivity contribution is -0.142. The van der Waals surface area contributed by atoms with Crippen LogP contribution in [0.1, 0.15) is 35.7 Å². The van der Waals surface area contributed by atoms with Gasteiger partial charge in [0.25, 0.3) is 5.91 Å². The Bertz CT molecular complexity index is 960. The Morgan fingerprint density at radius 3 is 2.45 bits per heavy atom. The Morgan fingerprint density at radius 2 is 1.77 bits per heavy atom. The van der Waals surface area contributed by atoms with E-state index in [1.165, 1.54) is 19.3 Å². The number of rotatable bonds is 10. The number of carbonyl (C=O) groups excluding carboxylic acids is 3. The van der Waals surface area contributed by atoms with Gasteiger partial charge in [-0.15, -0.1) is 0 Å². The van der Waals surface area contributed by atoms with E-state index in [0.29, 0.717) is 36.2 Å². The van der Waals surface area contributed by atoms with E-state index in [-0.39, 0.29) is 11.3 Å². The van der Waals surface area contributed by atoms with Crippen LogP contribution in [0.25, 0.3) is 6.08 Å². The smallest absolute Gasteiger partial charge is 0.341 e. The van der Waals surface area contributed by atoms with Crippen molar-refractivity contribution in [3.05, 3.63) is 47.4 Å². The molecule has 0 aliphatic carbocycles. The summed E-state index contributed by atoms with van der Waals surface area (Å²) >= 11 is 0. The summed E-state index contributed by atoms with van der Waals surface area (Å²) in [7, 11) is 1.26. The summed E-state index contributed by atoms with van der Waals surface area (Å²) in [6.07, 6.45) is 2.43. The Balaban J connectivity index is 1.89. The highest BCUT2D eigenvalue weighted by Gasteiger charge is 2.14. The molecule has 0 bridgehead atoms. The van der Waals surface area contributed by atoms with Crippen LogP contribution in [0, 0.1) is 6.92 Å². The first kappa shape index (κ1) is 23.5. The fourth-order valence-corrected chi connectivity index (χ4v) is 2.56. The molecule has 1 aromatic heterocycles. The molecule has 0 fully saturated rings. The van der Waals surface area contributed by atoms with Gasteiger partial charge in [-0.25, -0.2) is 9.59 Å². The van der Waals surface area contributed by atoms with Crippen molar-refractivity contribution in [2.24, 2.45) is 0 Å². The number of carbonyl (C=O) groups is 3. The topological polar surface area (TPSA) is 113 Å². The molecular weight excluding hydrogens is 406 g/mol. The fourth-order valence-electron chi connectivity index (χ4n) is 2.56. The number of methoxy groups -OCH3 is 1. The van der Waals surface area contributed by atoms with E-state index in [2.05, 4.69) is 10.1 Å². The van der Waals surface area contributed by atoms with Crippen LogP contribution in [-0.2, 0) is 19.1 Å². The first-order valence-corrected chi connectivity index (χ1v) is 9.61. The number of hydrogen-bond acceptors (Lipinski definition) is 8. The van der Waals surface area contributed by atoms with Gasteiger partial charge in [-0.1, -0.05) is 0 Å².